The largest absolute Gasteiger partial charge is 0.491 e. The smallest absolute Gasteiger partial charge is 0.258 e. The van der Waals surface area contributed by atoms with E-state index in [4.69, 9.17) is 4.74 Å². The monoisotopic (exact) mass is 294 g/mol. The lowest BCUT2D eigenvalue weighted by Crippen LogP contribution is -2.54. The van der Waals surface area contributed by atoms with Gasteiger partial charge < -0.3 is 15.0 Å². The van der Waals surface area contributed by atoms with Gasteiger partial charge in [0.15, 0.2) is 0 Å². The van der Waals surface area contributed by atoms with Crippen molar-refractivity contribution in [1.29, 1.82) is 0 Å². The molecule has 1 unspecified atom stereocenters. The number of benzene rings is 2. The zero-order valence-corrected chi connectivity index (χ0v) is 12.3. The number of hydrogen-bond donors (Lipinski definition) is 1. The van der Waals surface area contributed by atoms with Crippen molar-refractivity contribution < 1.29 is 9.53 Å². The Balaban J connectivity index is 1.84. The van der Waals surface area contributed by atoms with E-state index in [9.17, 15) is 4.79 Å². The van der Waals surface area contributed by atoms with E-state index >= 15 is 0 Å². The van der Waals surface area contributed by atoms with Crippen LogP contribution in [0.2, 0.25) is 0 Å². The summed E-state index contributed by atoms with van der Waals surface area (Å²) in [7, 11) is 0. The van der Waals surface area contributed by atoms with Crippen LogP contribution in [0.3, 0.4) is 0 Å². The number of hydrogen-bond acceptors (Lipinski definition) is 3. The van der Waals surface area contributed by atoms with Crippen molar-refractivity contribution in [3.8, 4) is 16.9 Å². The number of piperazine rings is 1. The third-order valence-electron chi connectivity index (χ3n) is 4.37. The first-order valence-electron chi connectivity index (χ1n) is 7.67. The maximum absolute atomic E-state index is 13.1. The number of rotatable bonds is 1. The summed E-state index contributed by atoms with van der Waals surface area (Å²) in [6, 6.07) is 16.0. The second-order valence-corrected chi connectivity index (χ2v) is 5.71. The summed E-state index contributed by atoms with van der Waals surface area (Å²) in [6.07, 6.45) is 0. The number of nitrogens with zero attached hydrogens (tertiary/aromatic N) is 1. The number of ether oxygens (including phenoxy) is 1. The average molecular weight is 294 g/mol. The maximum atomic E-state index is 13.1. The molecule has 1 atom stereocenters. The minimum Gasteiger partial charge on any atom is -0.491 e. The first-order valence-corrected chi connectivity index (χ1v) is 7.67. The standard InChI is InChI=1S/C18H18N2O2/c21-18-17-15(13-5-2-1-3-6-13)7-4-8-16(17)22-12-14-11-19-9-10-20(14)18/h1-8,14,19H,9-12H2. The summed E-state index contributed by atoms with van der Waals surface area (Å²) in [5, 5.41) is 3.33. The predicted molar refractivity (Wildman–Crippen MR) is 85.1 cm³/mol. The highest BCUT2D eigenvalue weighted by Gasteiger charge is 2.34. The Labute approximate surface area is 129 Å². The minimum absolute atomic E-state index is 0.0819. The Kier molecular flexibility index (Phi) is 3.31. The van der Waals surface area contributed by atoms with E-state index < -0.39 is 0 Å². The molecular weight excluding hydrogens is 276 g/mol. The van der Waals surface area contributed by atoms with Crippen LogP contribution in [-0.2, 0) is 0 Å². The second kappa shape index (κ2) is 5.46. The zero-order valence-electron chi connectivity index (χ0n) is 12.3. The maximum Gasteiger partial charge on any atom is 0.258 e. The second-order valence-electron chi connectivity index (χ2n) is 5.71. The van der Waals surface area contributed by atoms with E-state index in [0.717, 1.165) is 30.8 Å². The number of fused-ring (bicyclic) bond motifs is 2. The average Bonchev–Trinajstić information content (AvgIpc) is 2.73. The van der Waals surface area contributed by atoms with Gasteiger partial charge >= 0.3 is 0 Å². The molecule has 2 aromatic rings. The molecule has 1 fully saturated rings. The van der Waals surface area contributed by atoms with Crippen LogP contribution < -0.4 is 10.1 Å². The van der Waals surface area contributed by atoms with Crippen LogP contribution in [0, 0.1) is 0 Å². The van der Waals surface area contributed by atoms with Crippen LogP contribution in [0.1, 0.15) is 10.4 Å². The molecule has 4 rings (SSSR count). The Morgan fingerprint density at radius 2 is 1.95 bits per heavy atom. The van der Waals surface area contributed by atoms with E-state index in [-0.39, 0.29) is 11.9 Å². The van der Waals surface area contributed by atoms with Crippen LogP contribution in [0.4, 0.5) is 0 Å². The molecule has 1 saturated heterocycles. The summed E-state index contributed by atoms with van der Waals surface area (Å²) in [5.74, 6) is 0.777. The Bertz CT molecular complexity index is 699. The molecular formula is C18H18N2O2. The highest BCUT2D eigenvalue weighted by Crippen LogP contribution is 2.34. The van der Waals surface area contributed by atoms with Gasteiger partial charge in [-0.05, 0) is 17.2 Å². The summed E-state index contributed by atoms with van der Waals surface area (Å²) in [4.78, 5) is 15.0. The molecule has 112 valence electrons. The first-order chi connectivity index (χ1) is 10.8. The number of nitrogens with one attached hydrogen (secondary N) is 1. The third kappa shape index (κ3) is 2.16. The molecule has 1 amide bonds. The van der Waals surface area contributed by atoms with E-state index in [1.165, 1.54) is 0 Å². The number of carbonyl (C=O) groups excluding carboxylic acids is 1. The molecule has 4 nitrogen and oxygen atoms in total. The molecule has 22 heavy (non-hydrogen) atoms. The molecule has 0 bridgehead atoms. The van der Waals surface area contributed by atoms with E-state index in [0.29, 0.717) is 17.9 Å². The highest BCUT2D eigenvalue weighted by atomic mass is 16.5. The fourth-order valence-corrected chi connectivity index (χ4v) is 3.24. The van der Waals surface area contributed by atoms with Gasteiger partial charge in [-0.25, -0.2) is 0 Å². The van der Waals surface area contributed by atoms with Crippen LogP contribution in [0.15, 0.2) is 48.5 Å². The Hall–Kier alpha value is -2.33. The van der Waals surface area contributed by atoms with Gasteiger partial charge in [0.25, 0.3) is 5.91 Å². The van der Waals surface area contributed by atoms with Gasteiger partial charge in [-0.2, -0.15) is 0 Å². The topological polar surface area (TPSA) is 41.6 Å². The summed E-state index contributed by atoms with van der Waals surface area (Å²) >= 11 is 0. The van der Waals surface area contributed by atoms with Crippen molar-refractivity contribution in [2.45, 2.75) is 6.04 Å². The SMILES string of the molecule is O=C1c2c(cccc2-c2ccccc2)OCC2CNCCN12. The number of carbonyl (C=O) groups is 1. The fraction of sp³-hybridized carbons (Fsp3) is 0.278. The van der Waals surface area contributed by atoms with Gasteiger partial charge in [0.2, 0.25) is 0 Å². The van der Waals surface area contributed by atoms with Gasteiger partial charge in [-0.15, -0.1) is 0 Å². The van der Waals surface area contributed by atoms with E-state index in [1.807, 2.05) is 53.4 Å². The molecule has 0 saturated carbocycles. The lowest BCUT2D eigenvalue weighted by molar-refractivity contribution is 0.0607. The lowest BCUT2D eigenvalue weighted by atomic mass is 9.97. The van der Waals surface area contributed by atoms with Crippen LogP contribution in [0.5, 0.6) is 5.75 Å². The van der Waals surface area contributed by atoms with Crippen LogP contribution in [0.25, 0.3) is 11.1 Å². The third-order valence-corrected chi connectivity index (χ3v) is 4.37. The molecule has 1 N–H and O–H groups in total. The molecule has 4 heteroatoms. The fourth-order valence-electron chi connectivity index (χ4n) is 3.24. The van der Waals surface area contributed by atoms with Crippen molar-refractivity contribution in [2.24, 2.45) is 0 Å². The summed E-state index contributed by atoms with van der Waals surface area (Å²) < 4.78 is 5.95. The summed E-state index contributed by atoms with van der Waals surface area (Å²) in [5.41, 5.74) is 2.69. The lowest BCUT2D eigenvalue weighted by Gasteiger charge is -2.34. The highest BCUT2D eigenvalue weighted by molar-refractivity contribution is 6.04. The molecule has 0 aliphatic carbocycles. The van der Waals surface area contributed by atoms with Crippen molar-refractivity contribution in [2.75, 3.05) is 26.2 Å². The van der Waals surface area contributed by atoms with Crippen LogP contribution in [-0.4, -0.2) is 43.1 Å². The van der Waals surface area contributed by atoms with Crippen molar-refractivity contribution in [3.63, 3.8) is 0 Å². The van der Waals surface area contributed by atoms with Crippen molar-refractivity contribution in [3.05, 3.63) is 54.1 Å². The minimum atomic E-state index is 0.0819. The Morgan fingerprint density at radius 3 is 2.82 bits per heavy atom. The quantitative estimate of drug-likeness (QED) is 0.876. The van der Waals surface area contributed by atoms with Gasteiger partial charge in [-0.1, -0.05) is 42.5 Å². The number of amides is 1. The van der Waals surface area contributed by atoms with Gasteiger partial charge in [0, 0.05) is 19.6 Å². The molecule has 2 aliphatic rings. The van der Waals surface area contributed by atoms with E-state index in [1.54, 1.807) is 0 Å². The van der Waals surface area contributed by atoms with Gasteiger partial charge in [0.05, 0.1) is 11.6 Å². The van der Waals surface area contributed by atoms with Gasteiger partial charge in [-0.3, -0.25) is 4.79 Å². The normalized spacial score (nSPS) is 20.6. The molecule has 0 aromatic heterocycles. The molecule has 0 radical (unpaired) electrons. The van der Waals surface area contributed by atoms with Crippen molar-refractivity contribution in [1.82, 2.24) is 10.2 Å². The predicted octanol–water partition coefficient (Wildman–Crippen LogP) is 2.16. The molecule has 0 spiro atoms. The summed E-state index contributed by atoms with van der Waals surface area (Å²) in [6.45, 7) is 2.91. The molecule has 2 heterocycles. The molecule has 2 aliphatic heterocycles. The van der Waals surface area contributed by atoms with Gasteiger partial charge in [0.1, 0.15) is 12.4 Å². The molecule has 2 aromatic carbocycles. The zero-order chi connectivity index (χ0) is 14.9. The first kappa shape index (κ1) is 13.3. The van der Waals surface area contributed by atoms with E-state index in [2.05, 4.69) is 5.32 Å². The van der Waals surface area contributed by atoms with Crippen LogP contribution >= 0.6 is 0 Å². The van der Waals surface area contributed by atoms with Crippen molar-refractivity contribution >= 4 is 5.91 Å². The Morgan fingerprint density at radius 1 is 1.09 bits per heavy atom.